The standard InChI is InChI=1S/C10H15N3OS.C2H6/c1-2-3-8-4-10(14)13(5-8)6-9-12-11-7-15-9;1-2/h7-8H,2-6H2,1H3;1-2H3. The minimum atomic E-state index is 0.267. The summed E-state index contributed by atoms with van der Waals surface area (Å²) in [6.07, 6.45) is 3.02. The number of carbonyl (C=O) groups excluding carboxylic acids is 1. The van der Waals surface area contributed by atoms with E-state index < -0.39 is 0 Å². The summed E-state index contributed by atoms with van der Waals surface area (Å²) in [6.45, 7) is 7.70. The van der Waals surface area contributed by atoms with Crippen molar-refractivity contribution in [1.29, 1.82) is 0 Å². The molecule has 1 aliphatic rings. The molecule has 2 rings (SSSR count). The van der Waals surface area contributed by atoms with Gasteiger partial charge < -0.3 is 4.90 Å². The molecule has 1 unspecified atom stereocenters. The molecule has 1 aromatic rings. The van der Waals surface area contributed by atoms with E-state index in [0.717, 1.165) is 24.4 Å². The van der Waals surface area contributed by atoms with E-state index in [4.69, 9.17) is 0 Å². The first-order valence-electron chi connectivity index (χ1n) is 6.32. The van der Waals surface area contributed by atoms with Crippen LogP contribution in [0.3, 0.4) is 0 Å². The van der Waals surface area contributed by atoms with E-state index in [-0.39, 0.29) is 5.91 Å². The summed E-state index contributed by atoms with van der Waals surface area (Å²) < 4.78 is 0. The molecule has 0 radical (unpaired) electrons. The first-order chi connectivity index (χ1) is 8.29. The predicted octanol–water partition coefficient (Wildman–Crippen LogP) is 2.71. The zero-order chi connectivity index (χ0) is 12.7. The molecule has 1 aliphatic heterocycles. The largest absolute Gasteiger partial charge is 0.336 e. The monoisotopic (exact) mass is 255 g/mol. The van der Waals surface area contributed by atoms with Crippen molar-refractivity contribution in [2.45, 2.75) is 46.6 Å². The van der Waals surface area contributed by atoms with Gasteiger partial charge in [-0.05, 0) is 12.3 Å². The lowest BCUT2D eigenvalue weighted by atomic mass is 10.0. The average Bonchev–Trinajstić information content (AvgIpc) is 2.94. The summed E-state index contributed by atoms with van der Waals surface area (Å²) in [5, 5.41) is 8.67. The van der Waals surface area contributed by atoms with Gasteiger partial charge in [0.15, 0.2) is 0 Å². The maximum atomic E-state index is 11.7. The Morgan fingerprint density at radius 1 is 1.53 bits per heavy atom. The molecule has 4 nitrogen and oxygen atoms in total. The fourth-order valence-electron chi connectivity index (χ4n) is 2.04. The smallest absolute Gasteiger partial charge is 0.223 e. The van der Waals surface area contributed by atoms with E-state index in [2.05, 4.69) is 17.1 Å². The molecule has 1 aromatic heterocycles. The topological polar surface area (TPSA) is 46.1 Å². The third-order valence-corrected chi connectivity index (χ3v) is 3.41. The van der Waals surface area contributed by atoms with Gasteiger partial charge in [0.05, 0.1) is 6.54 Å². The van der Waals surface area contributed by atoms with Gasteiger partial charge in [0.1, 0.15) is 10.5 Å². The summed E-state index contributed by atoms with van der Waals surface area (Å²) in [7, 11) is 0. The van der Waals surface area contributed by atoms with Crippen LogP contribution in [0.2, 0.25) is 0 Å². The molecule has 0 bridgehead atoms. The minimum absolute atomic E-state index is 0.267. The van der Waals surface area contributed by atoms with Crippen LogP contribution in [0.25, 0.3) is 0 Å². The number of amides is 1. The fourth-order valence-corrected chi connectivity index (χ4v) is 2.58. The van der Waals surface area contributed by atoms with Gasteiger partial charge in [-0.25, -0.2) is 0 Å². The fraction of sp³-hybridized carbons (Fsp3) is 0.750. The Kier molecular flexibility index (Phi) is 6.11. The van der Waals surface area contributed by atoms with Crippen LogP contribution >= 0.6 is 11.3 Å². The Bertz CT molecular complexity index is 327. The first kappa shape index (κ1) is 14.1. The van der Waals surface area contributed by atoms with Crippen LogP contribution in [-0.2, 0) is 11.3 Å². The number of carbonyl (C=O) groups is 1. The first-order valence-corrected chi connectivity index (χ1v) is 7.20. The summed E-state index contributed by atoms with van der Waals surface area (Å²) in [5.74, 6) is 0.819. The van der Waals surface area contributed by atoms with E-state index >= 15 is 0 Å². The lowest BCUT2D eigenvalue weighted by Gasteiger charge is -2.14. The number of hydrogen-bond acceptors (Lipinski definition) is 4. The summed E-state index contributed by atoms with van der Waals surface area (Å²) >= 11 is 1.51. The molecule has 1 amide bonds. The van der Waals surface area contributed by atoms with Crippen LogP contribution in [0, 0.1) is 5.92 Å². The van der Waals surface area contributed by atoms with Crippen LogP contribution in [-0.4, -0.2) is 27.5 Å². The van der Waals surface area contributed by atoms with E-state index in [9.17, 15) is 4.79 Å². The highest BCUT2D eigenvalue weighted by Gasteiger charge is 2.29. The third-order valence-electron chi connectivity index (χ3n) is 2.72. The Balaban J connectivity index is 0.000000686. The van der Waals surface area contributed by atoms with Gasteiger partial charge in [0, 0.05) is 13.0 Å². The molecule has 1 atom stereocenters. The molecule has 0 saturated carbocycles. The zero-order valence-corrected chi connectivity index (χ0v) is 11.7. The van der Waals surface area contributed by atoms with Crippen LogP contribution in [0.1, 0.15) is 45.0 Å². The summed E-state index contributed by atoms with van der Waals surface area (Å²) in [4.78, 5) is 13.6. The van der Waals surface area contributed by atoms with E-state index in [1.54, 1.807) is 5.51 Å². The Morgan fingerprint density at radius 2 is 2.29 bits per heavy atom. The number of nitrogens with zero attached hydrogens (tertiary/aromatic N) is 3. The normalized spacial score (nSPS) is 19.1. The third kappa shape index (κ3) is 4.07. The Labute approximate surface area is 107 Å². The summed E-state index contributed by atoms with van der Waals surface area (Å²) in [6, 6.07) is 0. The second-order valence-corrected chi connectivity index (χ2v) is 4.88. The van der Waals surface area contributed by atoms with Gasteiger partial charge in [-0.15, -0.1) is 21.5 Å². The molecule has 0 N–H and O–H groups in total. The van der Waals surface area contributed by atoms with Crippen LogP contribution in [0.4, 0.5) is 0 Å². The maximum absolute atomic E-state index is 11.7. The number of hydrogen-bond donors (Lipinski definition) is 0. The van der Waals surface area contributed by atoms with Crippen LogP contribution in [0.15, 0.2) is 5.51 Å². The molecule has 2 heterocycles. The lowest BCUT2D eigenvalue weighted by Crippen LogP contribution is -2.24. The van der Waals surface area contributed by atoms with Crippen molar-refractivity contribution >= 4 is 17.2 Å². The summed E-state index contributed by atoms with van der Waals surface area (Å²) in [5.41, 5.74) is 1.71. The highest BCUT2D eigenvalue weighted by Crippen LogP contribution is 2.23. The average molecular weight is 255 g/mol. The number of aromatic nitrogens is 2. The van der Waals surface area contributed by atoms with Crippen molar-refractivity contribution in [2.24, 2.45) is 5.92 Å². The van der Waals surface area contributed by atoms with Crippen molar-refractivity contribution < 1.29 is 4.79 Å². The highest BCUT2D eigenvalue weighted by molar-refractivity contribution is 7.09. The number of rotatable bonds is 4. The molecule has 5 heteroatoms. The maximum Gasteiger partial charge on any atom is 0.223 e. The second kappa shape index (κ2) is 7.37. The molecule has 0 aromatic carbocycles. The highest BCUT2D eigenvalue weighted by atomic mass is 32.1. The van der Waals surface area contributed by atoms with E-state index in [1.807, 2.05) is 18.7 Å². The van der Waals surface area contributed by atoms with Gasteiger partial charge >= 0.3 is 0 Å². The molecule has 1 saturated heterocycles. The Hall–Kier alpha value is -0.970. The second-order valence-electron chi connectivity index (χ2n) is 3.97. The SMILES string of the molecule is CC.CCCC1CC(=O)N(Cc2nncs2)C1. The quantitative estimate of drug-likeness (QED) is 0.831. The van der Waals surface area contributed by atoms with Crippen LogP contribution in [0.5, 0.6) is 0 Å². The van der Waals surface area contributed by atoms with Crippen molar-refractivity contribution in [3.63, 3.8) is 0 Å². The van der Waals surface area contributed by atoms with Gasteiger partial charge in [0.25, 0.3) is 0 Å². The van der Waals surface area contributed by atoms with Crippen molar-refractivity contribution in [2.75, 3.05) is 6.54 Å². The van der Waals surface area contributed by atoms with Crippen molar-refractivity contribution in [3.05, 3.63) is 10.5 Å². The molecular formula is C12H21N3OS. The molecule has 96 valence electrons. The molecule has 17 heavy (non-hydrogen) atoms. The molecular weight excluding hydrogens is 234 g/mol. The molecule has 0 aliphatic carbocycles. The predicted molar refractivity (Wildman–Crippen MR) is 69.7 cm³/mol. The van der Waals surface area contributed by atoms with Crippen molar-refractivity contribution in [1.82, 2.24) is 15.1 Å². The van der Waals surface area contributed by atoms with Crippen molar-refractivity contribution in [3.8, 4) is 0 Å². The van der Waals surface area contributed by atoms with Gasteiger partial charge in [-0.3, -0.25) is 4.79 Å². The lowest BCUT2D eigenvalue weighted by molar-refractivity contribution is -0.128. The van der Waals surface area contributed by atoms with E-state index in [0.29, 0.717) is 18.9 Å². The zero-order valence-electron chi connectivity index (χ0n) is 10.8. The van der Waals surface area contributed by atoms with Crippen LogP contribution < -0.4 is 0 Å². The molecule has 1 fully saturated rings. The number of likely N-dealkylation sites (tertiary alicyclic amines) is 1. The minimum Gasteiger partial charge on any atom is -0.336 e. The van der Waals surface area contributed by atoms with Gasteiger partial charge in [0.2, 0.25) is 5.91 Å². The Morgan fingerprint density at radius 3 is 2.88 bits per heavy atom. The van der Waals surface area contributed by atoms with Gasteiger partial charge in [-0.1, -0.05) is 27.2 Å². The van der Waals surface area contributed by atoms with E-state index in [1.165, 1.54) is 11.3 Å². The van der Waals surface area contributed by atoms with Gasteiger partial charge in [-0.2, -0.15) is 0 Å². The molecule has 0 spiro atoms.